The summed E-state index contributed by atoms with van der Waals surface area (Å²) >= 11 is 0. The number of benzene rings is 1. The summed E-state index contributed by atoms with van der Waals surface area (Å²) in [6.45, 7) is 2.15. The Morgan fingerprint density at radius 1 is 1.56 bits per heavy atom. The fourth-order valence-corrected chi connectivity index (χ4v) is 1.59. The van der Waals surface area contributed by atoms with Crippen molar-refractivity contribution in [1.82, 2.24) is 5.32 Å². The standard InChI is InChI=1S/C11H14N2O2.ClH/c1-7(12)11(14)13-9-6-15-10-5-3-2-4-8(9)10;/h2-5,7,9H,6,12H2,1H3,(H,13,14);1H. The van der Waals surface area contributed by atoms with Gasteiger partial charge in [-0.2, -0.15) is 0 Å². The van der Waals surface area contributed by atoms with E-state index in [1.807, 2.05) is 24.3 Å². The molecule has 2 rings (SSSR count). The molecule has 4 nitrogen and oxygen atoms in total. The first kappa shape index (κ1) is 12.8. The van der Waals surface area contributed by atoms with Gasteiger partial charge in [-0.25, -0.2) is 0 Å². The van der Waals surface area contributed by atoms with E-state index < -0.39 is 6.04 Å². The molecule has 1 amide bonds. The van der Waals surface area contributed by atoms with Crippen LogP contribution in [0.3, 0.4) is 0 Å². The first-order valence-electron chi connectivity index (χ1n) is 4.96. The summed E-state index contributed by atoms with van der Waals surface area (Å²) in [6.07, 6.45) is 0. The monoisotopic (exact) mass is 242 g/mol. The largest absolute Gasteiger partial charge is 0.491 e. The second-order valence-electron chi connectivity index (χ2n) is 3.70. The average Bonchev–Trinajstić information content (AvgIpc) is 2.62. The number of ether oxygens (including phenoxy) is 1. The Kier molecular flexibility index (Phi) is 4.15. The van der Waals surface area contributed by atoms with Crippen molar-refractivity contribution in [2.24, 2.45) is 5.73 Å². The number of halogens is 1. The van der Waals surface area contributed by atoms with Gasteiger partial charge in [0, 0.05) is 5.56 Å². The van der Waals surface area contributed by atoms with Gasteiger partial charge in [0.2, 0.25) is 5.91 Å². The van der Waals surface area contributed by atoms with Crippen molar-refractivity contribution in [3.05, 3.63) is 29.8 Å². The van der Waals surface area contributed by atoms with Crippen molar-refractivity contribution in [3.63, 3.8) is 0 Å². The number of nitrogens with two attached hydrogens (primary N) is 1. The molecule has 2 atom stereocenters. The van der Waals surface area contributed by atoms with Gasteiger partial charge in [-0.1, -0.05) is 18.2 Å². The third kappa shape index (κ3) is 2.46. The number of para-hydroxylation sites is 1. The molecule has 1 aromatic rings. The molecule has 1 aliphatic heterocycles. The maximum Gasteiger partial charge on any atom is 0.237 e. The summed E-state index contributed by atoms with van der Waals surface area (Å²) in [5, 5.41) is 2.85. The second kappa shape index (κ2) is 5.18. The Morgan fingerprint density at radius 3 is 2.94 bits per heavy atom. The van der Waals surface area contributed by atoms with Crippen LogP contribution in [0.2, 0.25) is 0 Å². The van der Waals surface area contributed by atoms with E-state index in [0.29, 0.717) is 6.61 Å². The molecule has 0 spiro atoms. The lowest BCUT2D eigenvalue weighted by atomic mass is 10.1. The molecule has 0 saturated heterocycles. The van der Waals surface area contributed by atoms with Crippen molar-refractivity contribution in [2.45, 2.75) is 19.0 Å². The lowest BCUT2D eigenvalue weighted by molar-refractivity contribution is -0.122. The summed E-state index contributed by atoms with van der Waals surface area (Å²) in [7, 11) is 0. The van der Waals surface area contributed by atoms with Crippen molar-refractivity contribution >= 4 is 18.3 Å². The maximum absolute atomic E-state index is 11.4. The van der Waals surface area contributed by atoms with Gasteiger partial charge in [0.1, 0.15) is 12.4 Å². The van der Waals surface area contributed by atoms with Crippen LogP contribution in [0.4, 0.5) is 0 Å². The van der Waals surface area contributed by atoms with Gasteiger partial charge in [0.05, 0.1) is 12.1 Å². The predicted octanol–water partition coefficient (Wildman–Crippen LogP) is 1.01. The Bertz CT molecular complexity index is 382. The molecule has 1 heterocycles. The van der Waals surface area contributed by atoms with Crippen molar-refractivity contribution in [1.29, 1.82) is 0 Å². The highest BCUT2D eigenvalue weighted by atomic mass is 35.5. The summed E-state index contributed by atoms with van der Waals surface area (Å²) in [4.78, 5) is 11.4. The van der Waals surface area contributed by atoms with Crippen LogP contribution in [0.5, 0.6) is 5.75 Å². The first-order valence-corrected chi connectivity index (χ1v) is 4.96. The van der Waals surface area contributed by atoms with Crippen LogP contribution in [0.25, 0.3) is 0 Å². The highest BCUT2D eigenvalue weighted by Crippen LogP contribution is 2.31. The zero-order valence-corrected chi connectivity index (χ0v) is 9.79. The van der Waals surface area contributed by atoms with Crippen molar-refractivity contribution in [2.75, 3.05) is 6.61 Å². The van der Waals surface area contributed by atoms with E-state index in [4.69, 9.17) is 10.5 Å². The molecule has 1 aliphatic rings. The number of nitrogens with one attached hydrogen (secondary N) is 1. The highest BCUT2D eigenvalue weighted by molar-refractivity contribution is 5.85. The van der Waals surface area contributed by atoms with E-state index in [-0.39, 0.29) is 24.4 Å². The van der Waals surface area contributed by atoms with E-state index in [0.717, 1.165) is 11.3 Å². The van der Waals surface area contributed by atoms with Gasteiger partial charge in [-0.05, 0) is 13.0 Å². The molecule has 0 radical (unpaired) electrons. The van der Waals surface area contributed by atoms with Gasteiger partial charge >= 0.3 is 0 Å². The minimum atomic E-state index is -0.488. The normalized spacial score (nSPS) is 19.0. The van der Waals surface area contributed by atoms with Gasteiger partial charge in [0.25, 0.3) is 0 Å². The van der Waals surface area contributed by atoms with Crippen molar-refractivity contribution in [3.8, 4) is 5.75 Å². The topological polar surface area (TPSA) is 64.4 Å². The summed E-state index contributed by atoms with van der Waals surface area (Å²) in [5.74, 6) is 0.688. The zero-order chi connectivity index (χ0) is 10.8. The van der Waals surface area contributed by atoms with E-state index in [1.54, 1.807) is 6.92 Å². The van der Waals surface area contributed by atoms with Gasteiger partial charge in [-0.15, -0.1) is 12.4 Å². The first-order chi connectivity index (χ1) is 7.18. The van der Waals surface area contributed by atoms with E-state index in [9.17, 15) is 4.79 Å². The number of carbonyl (C=O) groups excluding carboxylic acids is 1. The molecule has 88 valence electrons. The summed E-state index contributed by atoms with van der Waals surface area (Å²) in [5.41, 5.74) is 6.50. The van der Waals surface area contributed by atoms with Crippen LogP contribution < -0.4 is 15.8 Å². The van der Waals surface area contributed by atoms with Crippen molar-refractivity contribution < 1.29 is 9.53 Å². The molecular formula is C11H15ClN2O2. The molecule has 0 bridgehead atoms. The lowest BCUT2D eigenvalue weighted by Crippen LogP contribution is -2.40. The minimum absolute atomic E-state index is 0. The molecule has 5 heteroatoms. The fraction of sp³-hybridized carbons (Fsp3) is 0.364. The number of carbonyl (C=O) groups is 1. The van der Waals surface area contributed by atoms with Gasteiger partial charge in [-0.3, -0.25) is 4.79 Å². The van der Waals surface area contributed by atoms with E-state index in [2.05, 4.69) is 5.32 Å². The highest BCUT2D eigenvalue weighted by Gasteiger charge is 2.25. The van der Waals surface area contributed by atoms with Crippen LogP contribution in [-0.2, 0) is 4.79 Å². The summed E-state index contributed by atoms with van der Waals surface area (Å²) < 4.78 is 5.44. The number of hydrogen-bond acceptors (Lipinski definition) is 3. The zero-order valence-electron chi connectivity index (χ0n) is 8.97. The molecule has 0 fully saturated rings. The molecular weight excluding hydrogens is 228 g/mol. The van der Waals surface area contributed by atoms with Gasteiger partial charge in [0.15, 0.2) is 0 Å². The fourth-order valence-electron chi connectivity index (χ4n) is 1.59. The molecule has 3 N–H and O–H groups in total. The Hall–Kier alpha value is -1.26. The number of fused-ring (bicyclic) bond motifs is 1. The van der Waals surface area contributed by atoms with Crippen LogP contribution in [0.15, 0.2) is 24.3 Å². The molecule has 16 heavy (non-hydrogen) atoms. The predicted molar refractivity (Wildman–Crippen MR) is 63.7 cm³/mol. The van der Waals surface area contributed by atoms with E-state index in [1.165, 1.54) is 0 Å². The van der Waals surface area contributed by atoms with Gasteiger partial charge < -0.3 is 15.8 Å². The average molecular weight is 243 g/mol. The number of amides is 1. The Morgan fingerprint density at radius 2 is 2.25 bits per heavy atom. The molecule has 0 aromatic heterocycles. The minimum Gasteiger partial charge on any atom is -0.491 e. The third-order valence-corrected chi connectivity index (χ3v) is 2.43. The molecule has 1 aromatic carbocycles. The van der Waals surface area contributed by atoms with Crippen LogP contribution in [0.1, 0.15) is 18.5 Å². The number of rotatable bonds is 2. The molecule has 0 aliphatic carbocycles. The quantitative estimate of drug-likeness (QED) is 0.814. The maximum atomic E-state index is 11.4. The smallest absolute Gasteiger partial charge is 0.237 e. The van der Waals surface area contributed by atoms with Crippen LogP contribution >= 0.6 is 12.4 Å². The Labute approximate surface area is 101 Å². The van der Waals surface area contributed by atoms with E-state index >= 15 is 0 Å². The van der Waals surface area contributed by atoms with Crippen LogP contribution in [0, 0.1) is 0 Å². The molecule has 2 unspecified atom stereocenters. The SMILES string of the molecule is CC(N)C(=O)NC1COc2ccccc21.Cl. The second-order valence-corrected chi connectivity index (χ2v) is 3.70. The Balaban J connectivity index is 0.00000128. The molecule has 0 saturated carbocycles. The third-order valence-electron chi connectivity index (χ3n) is 2.43. The lowest BCUT2D eigenvalue weighted by Gasteiger charge is -2.13. The number of hydrogen-bond donors (Lipinski definition) is 2. The van der Waals surface area contributed by atoms with Crippen LogP contribution in [-0.4, -0.2) is 18.6 Å². The summed E-state index contributed by atoms with van der Waals surface area (Å²) in [6, 6.07) is 7.13.